The third-order valence-electron chi connectivity index (χ3n) is 4.60. The summed E-state index contributed by atoms with van der Waals surface area (Å²) in [6, 6.07) is 17.1. The molecule has 0 spiro atoms. The zero-order chi connectivity index (χ0) is 21.2. The second-order valence-corrected chi connectivity index (χ2v) is 8.69. The SMILES string of the molecule is Cc1ccc(S(=O)(=O)N(C)c2ccc(C(=O)Nc3ccccc3F)cc2C)cc1. The van der Waals surface area contributed by atoms with Gasteiger partial charge in [-0.15, -0.1) is 0 Å². The zero-order valence-electron chi connectivity index (χ0n) is 16.3. The van der Waals surface area contributed by atoms with E-state index in [1.54, 1.807) is 49.4 Å². The number of rotatable bonds is 5. The minimum atomic E-state index is -3.74. The van der Waals surface area contributed by atoms with Crippen LogP contribution in [0.3, 0.4) is 0 Å². The third kappa shape index (κ3) is 4.30. The van der Waals surface area contributed by atoms with Crippen LogP contribution < -0.4 is 9.62 Å². The number of hydrogen-bond acceptors (Lipinski definition) is 3. The number of halogens is 1. The van der Waals surface area contributed by atoms with Gasteiger partial charge in [-0.3, -0.25) is 9.10 Å². The van der Waals surface area contributed by atoms with Crippen LogP contribution in [0.5, 0.6) is 0 Å². The fraction of sp³-hybridized carbons (Fsp3) is 0.136. The van der Waals surface area contributed by atoms with E-state index in [0.717, 1.165) is 5.56 Å². The van der Waals surface area contributed by atoms with E-state index in [1.165, 1.54) is 35.6 Å². The Morgan fingerprint density at radius 2 is 1.62 bits per heavy atom. The summed E-state index contributed by atoms with van der Waals surface area (Å²) in [7, 11) is -2.27. The van der Waals surface area contributed by atoms with Crippen molar-refractivity contribution in [1.29, 1.82) is 0 Å². The summed E-state index contributed by atoms with van der Waals surface area (Å²) < 4.78 is 40.7. The van der Waals surface area contributed by atoms with Gasteiger partial charge >= 0.3 is 0 Å². The van der Waals surface area contributed by atoms with Crippen LogP contribution in [0.4, 0.5) is 15.8 Å². The summed E-state index contributed by atoms with van der Waals surface area (Å²) in [6.45, 7) is 3.60. The molecular formula is C22H21FN2O3S. The van der Waals surface area contributed by atoms with Crippen LogP contribution in [-0.4, -0.2) is 21.4 Å². The maximum absolute atomic E-state index is 13.7. The normalized spacial score (nSPS) is 11.2. The van der Waals surface area contributed by atoms with Crippen molar-refractivity contribution in [3.05, 3.63) is 89.2 Å². The van der Waals surface area contributed by atoms with Gasteiger partial charge < -0.3 is 5.32 Å². The average molecular weight is 412 g/mol. The summed E-state index contributed by atoms with van der Waals surface area (Å²) in [6.07, 6.45) is 0. The second-order valence-electron chi connectivity index (χ2n) is 6.72. The van der Waals surface area contributed by atoms with E-state index in [1.807, 2.05) is 6.92 Å². The highest BCUT2D eigenvalue weighted by atomic mass is 32.2. The lowest BCUT2D eigenvalue weighted by Gasteiger charge is -2.22. The number of hydrogen-bond donors (Lipinski definition) is 1. The van der Waals surface area contributed by atoms with Crippen molar-refractivity contribution in [3.8, 4) is 0 Å². The van der Waals surface area contributed by atoms with Gasteiger partial charge in [0.25, 0.3) is 15.9 Å². The lowest BCUT2D eigenvalue weighted by molar-refractivity contribution is 0.102. The summed E-state index contributed by atoms with van der Waals surface area (Å²) in [5.41, 5.74) is 2.40. The molecule has 3 rings (SSSR count). The molecule has 0 bridgehead atoms. The van der Waals surface area contributed by atoms with Crippen LogP contribution in [0.1, 0.15) is 21.5 Å². The monoisotopic (exact) mass is 412 g/mol. The molecule has 0 aliphatic rings. The molecule has 5 nitrogen and oxygen atoms in total. The molecule has 0 radical (unpaired) electrons. The molecule has 0 atom stereocenters. The van der Waals surface area contributed by atoms with Crippen molar-refractivity contribution in [2.45, 2.75) is 18.7 Å². The Morgan fingerprint density at radius 1 is 0.966 bits per heavy atom. The molecule has 1 N–H and O–H groups in total. The van der Waals surface area contributed by atoms with E-state index in [4.69, 9.17) is 0 Å². The summed E-state index contributed by atoms with van der Waals surface area (Å²) in [4.78, 5) is 12.6. The van der Waals surface area contributed by atoms with Crippen molar-refractivity contribution in [3.63, 3.8) is 0 Å². The molecule has 0 saturated carbocycles. The van der Waals surface area contributed by atoms with Crippen LogP contribution in [-0.2, 0) is 10.0 Å². The van der Waals surface area contributed by atoms with Crippen LogP contribution in [0.2, 0.25) is 0 Å². The van der Waals surface area contributed by atoms with Crippen molar-refractivity contribution in [2.24, 2.45) is 0 Å². The number of nitrogens with one attached hydrogen (secondary N) is 1. The van der Waals surface area contributed by atoms with Gasteiger partial charge in [-0.25, -0.2) is 12.8 Å². The third-order valence-corrected chi connectivity index (χ3v) is 6.39. The maximum Gasteiger partial charge on any atom is 0.264 e. The molecule has 150 valence electrons. The van der Waals surface area contributed by atoms with Crippen molar-refractivity contribution in [2.75, 3.05) is 16.7 Å². The molecule has 0 fully saturated rings. The van der Waals surface area contributed by atoms with Crippen LogP contribution in [0, 0.1) is 19.7 Å². The first-order valence-electron chi connectivity index (χ1n) is 8.92. The molecule has 1 amide bonds. The van der Waals surface area contributed by atoms with Gasteiger partial charge in [0, 0.05) is 12.6 Å². The van der Waals surface area contributed by atoms with Crippen molar-refractivity contribution in [1.82, 2.24) is 0 Å². The molecule has 0 aromatic heterocycles. The van der Waals surface area contributed by atoms with E-state index in [9.17, 15) is 17.6 Å². The highest BCUT2D eigenvalue weighted by molar-refractivity contribution is 7.92. The van der Waals surface area contributed by atoms with E-state index < -0.39 is 21.7 Å². The molecule has 0 aliphatic carbocycles. The molecule has 7 heteroatoms. The first-order chi connectivity index (χ1) is 13.7. The average Bonchev–Trinajstić information content (AvgIpc) is 2.69. The van der Waals surface area contributed by atoms with Gasteiger partial charge in [0.2, 0.25) is 0 Å². The van der Waals surface area contributed by atoms with Crippen LogP contribution in [0.25, 0.3) is 0 Å². The van der Waals surface area contributed by atoms with Gasteiger partial charge in [-0.2, -0.15) is 0 Å². The zero-order valence-corrected chi connectivity index (χ0v) is 17.1. The molecule has 29 heavy (non-hydrogen) atoms. The standard InChI is InChI=1S/C22H21FN2O3S/c1-15-8-11-18(12-9-15)29(27,28)25(3)21-13-10-17(14-16(21)2)22(26)24-20-7-5-4-6-19(20)23/h4-14H,1-3H3,(H,24,26). The quantitative estimate of drug-likeness (QED) is 0.670. The Kier molecular flexibility index (Phi) is 5.70. The minimum absolute atomic E-state index is 0.0818. The second kappa shape index (κ2) is 8.05. The largest absolute Gasteiger partial charge is 0.319 e. The number of carbonyl (C=O) groups excluding carboxylic acids is 1. The number of amides is 1. The van der Waals surface area contributed by atoms with Gasteiger partial charge in [-0.05, 0) is 61.9 Å². The van der Waals surface area contributed by atoms with Crippen LogP contribution in [0.15, 0.2) is 71.6 Å². The van der Waals surface area contributed by atoms with Crippen molar-refractivity contribution >= 4 is 27.3 Å². The van der Waals surface area contributed by atoms with E-state index in [0.29, 0.717) is 16.8 Å². The summed E-state index contributed by atoms with van der Waals surface area (Å²) in [5.74, 6) is -1.01. The molecule has 3 aromatic rings. The molecule has 3 aromatic carbocycles. The Hall–Kier alpha value is -3.19. The molecule has 0 aliphatic heterocycles. The highest BCUT2D eigenvalue weighted by Crippen LogP contribution is 2.27. The van der Waals surface area contributed by atoms with Crippen molar-refractivity contribution < 1.29 is 17.6 Å². The first-order valence-corrected chi connectivity index (χ1v) is 10.4. The number of carbonyl (C=O) groups is 1. The minimum Gasteiger partial charge on any atom is -0.319 e. The Morgan fingerprint density at radius 3 is 2.24 bits per heavy atom. The lowest BCUT2D eigenvalue weighted by atomic mass is 10.1. The molecule has 0 saturated heterocycles. The molecular weight excluding hydrogens is 391 g/mol. The maximum atomic E-state index is 13.7. The van der Waals surface area contributed by atoms with Crippen LogP contribution >= 0.6 is 0 Å². The number of sulfonamides is 1. The highest BCUT2D eigenvalue weighted by Gasteiger charge is 2.23. The Balaban J connectivity index is 1.86. The number of aryl methyl sites for hydroxylation is 2. The van der Waals surface area contributed by atoms with E-state index >= 15 is 0 Å². The predicted octanol–water partition coefficient (Wildman–Crippen LogP) is 4.52. The fourth-order valence-corrected chi connectivity index (χ4v) is 4.16. The number of anilines is 2. The molecule has 0 unspecified atom stereocenters. The number of benzene rings is 3. The Bertz CT molecular complexity index is 1160. The summed E-state index contributed by atoms with van der Waals surface area (Å²) >= 11 is 0. The number of nitrogens with zero attached hydrogens (tertiary/aromatic N) is 1. The molecule has 0 heterocycles. The topological polar surface area (TPSA) is 66.5 Å². The van der Waals surface area contributed by atoms with Gasteiger partial charge in [0.15, 0.2) is 0 Å². The van der Waals surface area contributed by atoms with Gasteiger partial charge in [-0.1, -0.05) is 29.8 Å². The summed E-state index contributed by atoms with van der Waals surface area (Å²) in [5, 5.41) is 2.52. The van der Waals surface area contributed by atoms with Gasteiger partial charge in [0.1, 0.15) is 5.82 Å². The smallest absolute Gasteiger partial charge is 0.264 e. The number of para-hydroxylation sites is 1. The van der Waals surface area contributed by atoms with E-state index in [-0.39, 0.29) is 10.6 Å². The fourth-order valence-electron chi connectivity index (χ4n) is 2.90. The Labute approximate surface area is 169 Å². The predicted molar refractivity (Wildman–Crippen MR) is 112 cm³/mol. The van der Waals surface area contributed by atoms with Gasteiger partial charge in [0.05, 0.1) is 16.3 Å². The lowest BCUT2D eigenvalue weighted by Crippen LogP contribution is -2.27. The van der Waals surface area contributed by atoms with E-state index in [2.05, 4.69) is 5.32 Å². The first kappa shape index (κ1) is 20.5.